The average molecular weight is 481 g/mol. The molecule has 4 aromatic carbocycles. The number of fused-ring (bicyclic) bond motifs is 2. The molecule has 0 bridgehead atoms. The van der Waals surface area contributed by atoms with Gasteiger partial charge in [0.15, 0.2) is 0 Å². The van der Waals surface area contributed by atoms with E-state index in [-0.39, 0.29) is 58.9 Å². The maximum absolute atomic E-state index is 2.31. The van der Waals surface area contributed by atoms with Crippen LogP contribution in [-0.2, 0) is 26.2 Å². The third-order valence-corrected chi connectivity index (χ3v) is 5.66. The Hall–Kier alpha value is -0.447. The molecular weight excluding hydrogens is 457 g/mol. The van der Waals surface area contributed by atoms with Gasteiger partial charge in [-0.2, -0.15) is 18.2 Å². The largest absolute Gasteiger partial charge is 4.00 e. The van der Waals surface area contributed by atoms with Gasteiger partial charge in [0.1, 0.15) is 0 Å². The first kappa shape index (κ1) is 25.6. The fourth-order valence-electron chi connectivity index (χ4n) is 2.93. The zero-order chi connectivity index (χ0) is 16.4. The molecule has 134 valence electrons. The van der Waals surface area contributed by atoms with Gasteiger partial charge in [-0.15, -0.1) is 76.7 Å². The molecule has 0 saturated heterocycles. The summed E-state index contributed by atoms with van der Waals surface area (Å²) in [6.07, 6.45) is 0. The summed E-state index contributed by atoms with van der Waals surface area (Å²) in [5, 5.41) is 7.05. The van der Waals surface area contributed by atoms with E-state index in [2.05, 4.69) is 93.9 Å². The van der Waals surface area contributed by atoms with Crippen LogP contribution in [0.15, 0.2) is 66.7 Å². The standard InChI is InChI=1S/C11H12P.C11H11.2ClH.Zr/c1-12(2)11-7-9-5-3-4-6-10(9)8-11;1-8-6-7-9(2)11-5-3-4-10(8)11;;;/h3-8H,1-2H3;3-7H,1-2H3;2*1H;/q2*-1;;;+4/p-2. The molecule has 0 heterocycles. The summed E-state index contributed by atoms with van der Waals surface area (Å²) in [6, 6.07) is 24.0. The van der Waals surface area contributed by atoms with E-state index in [1.807, 2.05) is 0 Å². The van der Waals surface area contributed by atoms with Gasteiger partial charge in [-0.05, 0) is 20.3 Å². The summed E-state index contributed by atoms with van der Waals surface area (Å²) in [5.74, 6) is 0. The van der Waals surface area contributed by atoms with Crippen molar-refractivity contribution in [3.05, 3.63) is 77.9 Å². The Morgan fingerprint density at radius 2 is 1.50 bits per heavy atom. The second-order valence-corrected chi connectivity index (χ2v) is 8.59. The third kappa shape index (κ3) is 5.77. The molecule has 0 atom stereocenters. The second kappa shape index (κ2) is 11.4. The zero-order valence-corrected chi connectivity index (χ0v) is 20.4. The zero-order valence-electron chi connectivity index (χ0n) is 15.6. The van der Waals surface area contributed by atoms with E-state index in [1.54, 1.807) is 0 Å². The molecule has 0 unspecified atom stereocenters. The average Bonchev–Trinajstić information content (AvgIpc) is 3.18. The number of rotatable bonds is 1. The first-order chi connectivity index (χ1) is 11.1. The predicted octanol–water partition coefficient (Wildman–Crippen LogP) is 0.107. The van der Waals surface area contributed by atoms with Crippen molar-refractivity contribution in [3.63, 3.8) is 0 Å². The molecule has 0 aliphatic carbocycles. The van der Waals surface area contributed by atoms with Crippen LogP contribution in [0.2, 0.25) is 0 Å². The van der Waals surface area contributed by atoms with Crippen molar-refractivity contribution in [3.8, 4) is 0 Å². The summed E-state index contributed by atoms with van der Waals surface area (Å²) in [4.78, 5) is 0. The maximum Gasteiger partial charge on any atom is 4.00 e. The van der Waals surface area contributed by atoms with Crippen LogP contribution in [0.5, 0.6) is 0 Å². The van der Waals surface area contributed by atoms with Gasteiger partial charge >= 0.3 is 26.2 Å². The van der Waals surface area contributed by atoms with E-state index in [4.69, 9.17) is 0 Å². The molecular formula is C22H23Cl2PZr. The number of hydrogen-bond donors (Lipinski definition) is 0. The molecule has 0 fully saturated rings. The van der Waals surface area contributed by atoms with Crippen molar-refractivity contribution in [1.29, 1.82) is 0 Å². The van der Waals surface area contributed by atoms with Gasteiger partial charge in [0.2, 0.25) is 0 Å². The number of benzene rings is 2. The van der Waals surface area contributed by atoms with Crippen molar-refractivity contribution < 1.29 is 51.0 Å². The van der Waals surface area contributed by atoms with Gasteiger partial charge < -0.3 is 24.8 Å². The van der Waals surface area contributed by atoms with E-state index in [0.29, 0.717) is 0 Å². The Balaban J connectivity index is 0.000000432. The summed E-state index contributed by atoms with van der Waals surface area (Å²) >= 11 is 0. The Kier molecular flexibility index (Phi) is 11.2. The third-order valence-electron chi connectivity index (χ3n) is 4.37. The summed E-state index contributed by atoms with van der Waals surface area (Å²) in [6.45, 7) is 8.90. The van der Waals surface area contributed by atoms with E-state index in [1.165, 1.54) is 38.0 Å². The van der Waals surface area contributed by atoms with Crippen LogP contribution >= 0.6 is 7.92 Å². The Morgan fingerprint density at radius 1 is 0.846 bits per heavy atom. The first-order valence-corrected chi connectivity index (χ1v) is 10.2. The van der Waals surface area contributed by atoms with Crippen molar-refractivity contribution in [2.24, 2.45) is 0 Å². The molecule has 4 rings (SSSR count). The van der Waals surface area contributed by atoms with Gasteiger partial charge in [0, 0.05) is 0 Å². The summed E-state index contributed by atoms with van der Waals surface area (Å²) in [7, 11) is 0.0576. The minimum Gasteiger partial charge on any atom is -1.00 e. The second-order valence-electron chi connectivity index (χ2n) is 6.29. The van der Waals surface area contributed by atoms with Crippen molar-refractivity contribution >= 4 is 34.8 Å². The molecule has 4 heteroatoms. The van der Waals surface area contributed by atoms with Gasteiger partial charge in [-0.25, -0.2) is 0 Å². The fraction of sp³-hybridized carbons (Fsp3) is 0.182. The molecule has 0 N–H and O–H groups in total. The Labute approximate surface area is 189 Å². The van der Waals surface area contributed by atoms with E-state index in [0.717, 1.165) is 0 Å². The van der Waals surface area contributed by atoms with Crippen molar-refractivity contribution in [2.45, 2.75) is 13.8 Å². The van der Waals surface area contributed by atoms with E-state index in [9.17, 15) is 0 Å². The number of aryl methyl sites for hydroxylation is 2. The van der Waals surface area contributed by atoms with Crippen molar-refractivity contribution in [2.75, 3.05) is 13.3 Å². The first-order valence-electron chi connectivity index (χ1n) is 8.00. The topological polar surface area (TPSA) is 0 Å². The van der Waals surface area contributed by atoms with Gasteiger partial charge in [0.05, 0.1) is 0 Å². The fourth-order valence-corrected chi connectivity index (χ4v) is 3.72. The smallest absolute Gasteiger partial charge is 1.00 e. The van der Waals surface area contributed by atoms with Gasteiger partial charge in [-0.3, -0.25) is 0 Å². The quantitative estimate of drug-likeness (QED) is 0.268. The molecule has 0 aliphatic rings. The minimum absolute atomic E-state index is 0. The van der Waals surface area contributed by atoms with Crippen molar-refractivity contribution in [1.82, 2.24) is 0 Å². The Morgan fingerprint density at radius 3 is 2.12 bits per heavy atom. The molecule has 0 amide bonds. The molecule has 0 aliphatic heterocycles. The van der Waals surface area contributed by atoms with E-state index < -0.39 is 0 Å². The van der Waals surface area contributed by atoms with Crippen LogP contribution in [0.25, 0.3) is 21.5 Å². The summed E-state index contributed by atoms with van der Waals surface area (Å²) in [5.41, 5.74) is 2.74. The van der Waals surface area contributed by atoms with Crippen LogP contribution < -0.4 is 30.1 Å². The monoisotopic (exact) mass is 478 g/mol. The summed E-state index contributed by atoms with van der Waals surface area (Å²) < 4.78 is 0. The molecule has 0 spiro atoms. The molecule has 0 aromatic heterocycles. The molecule has 26 heavy (non-hydrogen) atoms. The molecule has 0 radical (unpaired) electrons. The molecule has 4 aromatic rings. The number of hydrogen-bond acceptors (Lipinski definition) is 0. The maximum atomic E-state index is 2.31. The SMILES string of the molecule is CP(C)c1cc2ccccc2[cH-]1.Cc1ccc(C)c2[cH-]ccc12.[Cl-].[Cl-].[Zr+4]. The predicted molar refractivity (Wildman–Crippen MR) is 107 cm³/mol. The minimum atomic E-state index is 0. The molecule has 0 nitrogen and oxygen atoms in total. The Bertz CT molecular complexity index is 869. The van der Waals surface area contributed by atoms with E-state index >= 15 is 0 Å². The normalized spacial score (nSPS) is 9.73. The van der Waals surface area contributed by atoms with Crippen LogP contribution in [0.1, 0.15) is 11.1 Å². The molecule has 0 saturated carbocycles. The van der Waals surface area contributed by atoms with Crippen LogP contribution in [0, 0.1) is 13.8 Å². The van der Waals surface area contributed by atoms with Gasteiger partial charge in [-0.1, -0.05) is 24.6 Å². The van der Waals surface area contributed by atoms with Crippen LogP contribution in [-0.4, -0.2) is 13.3 Å². The van der Waals surface area contributed by atoms with Crippen LogP contribution in [0.3, 0.4) is 0 Å². The van der Waals surface area contributed by atoms with Gasteiger partial charge in [0.25, 0.3) is 0 Å². The van der Waals surface area contributed by atoms with Crippen LogP contribution in [0.4, 0.5) is 0 Å². The number of halogens is 2.